The van der Waals surface area contributed by atoms with E-state index in [4.69, 9.17) is 4.74 Å². The Hall–Kier alpha value is -3.19. The van der Waals surface area contributed by atoms with Crippen LogP contribution >= 0.6 is 0 Å². The van der Waals surface area contributed by atoms with Gasteiger partial charge in [-0.15, -0.1) is 0 Å². The van der Waals surface area contributed by atoms with Crippen molar-refractivity contribution in [3.63, 3.8) is 0 Å². The zero-order valence-electron chi connectivity index (χ0n) is 20.0. The number of nitrogens with zero attached hydrogens (tertiary/aromatic N) is 2. The maximum atomic E-state index is 13.5. The second-order valence-corrected chi connectivity index (χ2v) is 9.31. The molecule has 0 unspecified atom stereocenters. The molecule has 0 spiro atoms. The zero-order chi connectivity index (χ0) is 24.1. The largest absolute Gasteiger partial charge is 0.376 e. The lowest BCUT2D eigenvalue weighted by molar-refractivity contribution is -0.139. The van der Waals surface area contributed by atoms with Crippen LogP contribution in [0.15, 0.2) is 48.5 Å². The van der Waals surface area contributed by atoms with Crippen molar-refractivity contribution in [3.05, 3.63) is 65.2 Å². The van der Waals surface area contributed by atoms with Crippen molar-refractivity contribution in [2.45, 2.75) is 45.8 Å². The molecule has 2 heterocycles. The number of rotatable bonds is 8. The summed E-state index contributed by atoms with van der Waals surface area (Å²) in [7, 11) is 0. The molecule has 2 aliphatic rings. The minimum atomic E-state index is -0.453. The van der Waals surface area contributed by atoms with Gasteiger partial charge in [0.1, 0.15) is 0 Å². The van der Waals surface area contributed by atoms with Gasteiger partial charge in [-0.25, -0.2) is 0 Å². The molecule has 2 saturated heterocycles. The fourth-order valence-electron chi connectivity index (χ4n) is 4.67. The molecule has 0 radical (unpaired) electrons. The Morgan fingerprint density at radius 2 is 1.91 bits per heavy atom. The van der Waals surface area contributed by atoms with E-state index in [1.807, 2.05) is 62.4 Å². The van der Waals surface area contributed by atoms with Gasteiger partial charge in [-0.3, -0.25) is 14.4 Å². The number of aryl methyl sites for hydroxylation is 1. The van der Waals surface area contributed by atoms with Crippen LogP contribution in [0.5, 0.6) is 0 Å². The average Bonchev–Trinajstić information content (AvgIpc) is 3.46. The van der Waals surface area contributed by atoms with Crippen LogP contribution in [0.2, 0.25) is 0 Å². The lowest BCUT2D eigenvalue weighted by Gasteiger charge is -2.27. The van der Waals surface area contributed by atoms with Crippen LogP contribution in [-0.2, 0) is 25.7 Å². The Labute approximate surface area is 201 Å². The molecule has 2 fully saturated rings. The van der Waals surface area contributed by atoms with Crippen molar-refractivity contribution in [2.75, 3.05) is 31.6 Å². The number of carbonyl (C=O) groups excluding carboxylic acids is 3. The van der Waals surface area contributed by atoms with Crippen LogP contribution in [-0.4, -0.2) is 59.9 Å². The molecule has 7 heteroatoms. The Bertz CT molecular complexity index is 1030. The van der Waals surface area contributed by atoms with Crippen LogP contribution in [0, 0.1) is 19.8 Å². The molecule has 1 N–H and O–H groups in total. The number of nitrogens with one attached hydrogen (secondary N) is 1. The van der Waals surface area contributed by atoms with Crippen LogP contribution < -0.4 is 5.32 Å². The van der Waals surface area contributed by atoms with E-state index < -0.39 is 5.92 Å². The molecule has 4 rings (SSSR count). The van der Waals surface area contributed by atoms with Gasteiger partial charge in [-0.05, 0) is 49.4 Å². The van der Waals surface area contributed by atoms with Gasteiger partial charge in [0.25, 0.3) is 0 Å². The van der Waals surface area contributed by atoms with E-state index in [9.17, 15) is 14.4 Å². The molecule has 0 aromatic heterocycles. The SMILES string of the molecule is Cc1cccc(NC(=O)CN(C[C@H]2CCCO2)C(=O)[C@@H]2CC(=O)N(Cc3ccccc3)C2)c1C. The predicted octanol–water partition coefficient (Wildman–Crippen LogP) is 3.30. The van der Waals surface area contributed by atoms with Crippen molar-refractivity contribution in [1.29, 1.82) is 0 Å². The van der Waals surface area contributed by atoms with Crippen molar-refractivity contribution in [3.8, 4) is 0 Å². The minimum absolute atomic E-state index is 0.0286. The molecule has 2 atom stereocenters. The summed E-state index contributed by atoms with van der Waals surface area (Å²) < 4.78 is 5.75. The maximum Gasteiger partial charge on any atom is 0.244 e. The molecular weight excluding hydrogens is 430 g/mol. The van der Waals surface area contributed by atoms with E-state index in [0.29, 0.717) is 26.2 Å². The molecular formula is C27H33N3O4. The van der Waals surface area contributed by atoms with E-state index >= 15 is 0 Å². The molecule has 0 aliphatic carbocycles. The second-order valence-electron chi connectivity index (χ2n) is 9.31. The normalized spacial score (nSPS) is 19.9. The smallest absolute Gasteiger partial charge is 0.244 e. The number of benzene rings is 2. The zero-order valence-corrected chi connectivity index (χ0v) is 20.0. The van der Waals surface area contributed by atoms with E-state index in [1.54, 1.807) is 9.80 Å². The van der Waals surface area contributed by atoms with E-state index in [-0.39, 0.29) is 36.8 Å². The lowest BCUT2D eigenvalue weighted by atomic mass is 10.1. The standard InChI is InChI=1S/C27H33N3O4/c1-19-8-6-12-24(20(19)2)28-25(31)18-30(17-23-11-7-13-34-23)27(33)22-14-26(32)29(16-22)15-21-9-4-3-5-10-21/h3-6,8-10,12,22-23H,7,11,13-18H2,1-2H3,(H,28,31)/t22-,23-/m1/s1. The van der Waals surface area contributed by atoms with Gasteiger partial charge in [-0.1, -0.05) is 42.5 Å². The Morgan fingerprint density at radius 1 is 1.12 bits per heavy atom. The number of anilines is 1. The fraction of sp³-hybridized carbons (Fsp3) is 0.444. The minimum Gasteiger partial charge on any atom is -0.376 e. The highest BCUT2D eigenvalue weighted by Crippen LogP contribution is 2.24. The lowest BCUT2D eigenvalue weighted by Crippen LogP contribution is -2.45. The monoisotopic (exact) mass is 463 g/mol. The average molecular weight is 464 g/mol. The third-order valence-corrected chi connectivity index (χ3v) is 6.75. The first-order valence-electron chi connectivity index (χ1n) is 12.0. The Balaban J connectivity index is 1.43. The maximum absolute atomic E-state index is 13.5. The number of carbonyl (C=O) groups is 3. The number of amides is 3. The first-order valence-corrected chi connectivity index (χ1v) is 12.0. The molecule has 7 nitrogen and oxygen atoms in total. The molecule has 0 saturated carbocycles. The Kier molecular flexibility index (Phi) is 7.63. The summed E-state index contributed by atoms with van der Waals surface area (Å²) in [4.78, 5) is 42.4. The van der Waals surface area contributed by atoms with Crippen molar-refractivity contribution < 1.29 is 19.1 Å². The van der Waals surface area contributed by atoms with Crippen LogP contribution in [0.25, 0.3) is 0 Å². The molecule has 2 aromatic rings. The summed E-state index contributed by atoms with van der Waals surface area (Å²) in [5, 5.41) is 2.95. The highest BCUT2D eigenvalue weighted by molar-refractivity contribution is 5.96. The van der Waals surface area contributed by atoms with E-state index in [0.717, 1.165) is 35.2 Å². The summed E-state index contributed by atoms with van der Waals surface area (Å²) in [5.74, 6) is -0.883. The highest BCUT2D eigenvalue weighted by atomic mass is 16.5. The van der Waals surface area contributed by atoms with Gasteiger partial charge in [-0.2, -0.15) is 0 Å². The molecule has 180 valence electrons. The topological polar surface area (TPSA) is 79.0 Å². The molecule has 2 aliphatic heterocycles. The summed E-state index contributed by atoms with van der Waals surface area (Å²) in [6.45, 7) is 5.80. The van der Waals surface area contributed by atoms with E-state index in [2.05, 4.69) is 5.32 Å². The number of hydrogen-bond acceptors (Lipinski definition) is 4. The van der Waals surface area contributed by atoms with Gasteiger partial charge < -0.3 is 19.9 Å². The second kappa shape index (κ2) is 10.8. The number of hydrogen-bond donors (Lipinski definition) is 1. The number of likely N-dealkylation sites (tertiary alicyclic amines) is 1. The first-order chi connectivity index (χ1) is 16.4. The van der Waals surface area contributed by atoms with Crippen LogP contribution in [0.4, 0.5) is 5.69 Å². The third-order valence-electron chi connectivity index (χ3n) is 6.75. The van der Waals surface area contributed by atoms with Gasteiger partial charge in [0.05, 0.1) is 18.6 Å². The summed E-state index contributed by atoms with van der Waals surface area (Å²) in [5.41, 5.74) is 3.88. The summed E-state index contributed by atoms with van der Waals surface area (Å²) in [6.07, 6.45) is 1.92. The molecule has 2 aromatic carbocycles. The van der Waals surface area contributed by atoms with Gasteiger partial charge in [0.2, 0.25) is 17.7 Å². The highest BCUT2D eigenvalue weighted by Gasteiger charge is 2.38. The predicted molar refractivity (Wildman–Crippen MR) is 130 cm³/mol. The molecule has 3 amide bonds. The van der Waals surface area contributed by atoms with Gasteiger partial charge >= 0.3 is 0 Å². The van der Waals surface area contributed by atoms with Crippen LogP contribution in [0.1, 0.15) is 36.0 Å². The van der Waals surface area contributed by atoms with Crippen molar-refractivity contribution in [1.82, 2.24) is 9.80 Å². The first kappa shape index (κ1) is 24.0. The quantitative estimate of drug-likeness (QED) is 0.652. The Morgan fingerprint density at radius 3 is 2.65 bits per heavy atom. The van der Waals surface area contributed by atoms with Crippen molar-refractivity contribution >= 4 is 23.4 Å². The van der Waals surface area contributed by atoms with Crippen molar-refractivity contribution in [2.24, 2.45) is 5.92 Å². The van der Waals surface area contributed by atoms with Gasteiger partial charge in [0.15, 0.2) is 0 Å². The van der Waals surface area contributed by atoms with Gasteiger partial charge in [0, 0.05) is 38.3 Å². The third kappa shape index (κ3) is 5.83. The van der Waals surface area contributed by atoms with Crippen LogP contribution in [0.3, 0.4) is 0 Å². The summed E-state index contributed by atoms with van der Waals surface area (Å²) >= 11 is 0. The molecule has 0 bridgehead atoms. The molecule has 34 heavy (non-hydrogen) atoms. The fourth-order valence-corrected chi connectivity index (χ4v) is 4.67. The van der Waals surface area contributed by atoms with E-state index in [1.165, 1.54) is 0 Å². The summed E-state index contributed by atoms with van der Waals surface area (Å²) in [6, 6.07) is 15.5. The number of ether oxygens (including phenoxy) is 1.